The van der Waals surface area contributed by atoms with Crippen LogP contribution in [0.3, 0.4) is 0 Å². The molecule has 0 radical (unpaired) electrons. The third kappa shape index (κ3) is 4.10. The normalized spacial score (nSPS) is 13.3. The van der Waals surface area contributed by atoms with Crippen LogP contribution in [0.5, 0.6) is 11.5 Å². The first-order chi connectivity index (χ1) is 15.4. The number of aromatic nitrogens is 2. The van der Waals surface area contributed by atoms with E-state index in [1.165, 1.54) is 17.7 Å². The van der Waals surface area contributed by atoms with Gasteiger partial charge in [-0.1, -0.05) is 0 Å². The van der Waals surface area contributed by atoms with Crippen LogP contribution in [0.1, 0.15) is 28.1 Å². The minimum atomic E-state index is -0.292. The Morgan fingerprint density at radius 2 is 1.72 bits per heavy atom. The highest BCUT2D eigenvalue weighted by Gasteiger charge is 2.22. The minimum absolute atomic E-state index is 0.0567. The number of amides is 1. The van der Waals surface area contributed by atoms with E-state index in [9.17, 15) is 9.18 Å². The average molecular weight is 435 g/mol. The summed E-state index contributed by atoms with van der Waals surface area (Å²) >= 11 is 0. The highest BCUT2D eigenvalue weighted by atomic mass is 19.1. The molecule has 0 fully saturated rings. The van der Waals surface area contributed by atoms with Crippen LogP contribution in [0.4, 0.5) is 4.39 Å². The summed E-state index contributed by atoms with van der Waals surface area (Å²) in [5.41, 5.74) is 5.58. The SMILES string of the molecule is COc1cc2c(cc1OC)CN(C(=O)C=Cc1c(C)nn(-c3ccc(F)cc3)c1C)CC2. The van der Waals surface area contributed by atoms with E-state index < -0.39 is 0 Å². The second kappa shape index (κ2) is 8.86. The lowest BCUT2D eigenvalue weighted by molar-refractivity contribution is -0.126. The first-order valence-electron chi connectivity index (χ1n) is 10.4. The number of aryl methyl sites for hydroxylation is 1. The highest BCUT2D eigenvalue weighted by molar-refractivity contribution is 5.92. The Hall–Kier alpha value is -3.61. The maximum absolute atomic E-state index is 13.3. The van der Waals surface area contributed by atoms with Gasteiger partial charge in [-0.2, -0.15) is 5.10 Å². The number of ether oxygens (including phenoxy) is 2. The molecule has 0 saturated heterocycles. The molecular weight excluding hydrogens is 409 g/mol. The van der Waals surface area contributed by atoms with Crippen molar-refractivity contribution in [3.05, 3.63) is 76.4 Å². The second-order valence-corrected chi connectivity index (χ2v) is 7.79. The van der Waals surface area contributed by atoms with Crippen LogP contribution in [0, 0.1) is 19.7 Å². The lowest BCUT2D eigenvalue weighted by atomic mass is 9.98. The predicted molar refractivity (Wildman–Crippen MR) is 121 cm³/mol. The van der Waals surface area contributed by atoms with Gasteiger partial charge in [0, 0.05) is 30.4 Å². The smallest absolute Gasteiger partial charge is 0.246 e. The molecule has 0 unspecified atom stereocenters. The Labute approximate surface area is 186 Å². The molecule has 1 aromatic heterocycles. The van der Waals surface area contributed by atoms with Gasteiger partial charge in [0.1, 0.15) is 5.82 Å². The number of carbonyl (C=O) groups excluding carboxylic acids is 1. The van der Waals surface area contributed by atoms with Gasteiger partial charge in [0.2, 0.25) is 5.91 Å². The van der Waals surface area contributed by atoms with E-state index in [1.807, 2.05) is 37.0 Å². The molecule has 6 nitrogen and oxygen atoms in total. The number of rotatable bonds is 5. The van der Waals surface area contributed by atoms with Crippen LogP contribution >= 0.6 is 0 Å². The van der Waals surface area contributed by atoms with Crippen LogP contribution < -0.4 is 9.47 Å². The fourth-order valence-corrected chi connectivity index (χ4v) is 4.06. The molecule has 2 heterocycles. The van der Waals surface area contributed by atoms with Gasteiger partial charge in [-0.15, -0.1) is 0 Å². The van der Waals surface area contributed by atoms with Crippen molar-refractivity contribution in [2.75, 3.05) is 20.8 Å². The highest BCUT2D eigenvalue weighted by Crippen LogP contribution is 2.33. The molecule has 0 atom stereocenters. The van der Waals surface area contributed by atoms with Crippen molar-refractivity contribution in [2.24, 2.45) is 0 Å². The maximum Gasteiger partial charge on any atom is 0.246 e. The fourth-order valence-electron chi connectivity index (χ4n) is 4.06. The largest absolute Gasteiger partial charge is 0.493 e. The summed E-state index contributed by atoms with van der Waals surface area (Å²) in [7, 11) is 3.23. The molecule has 7 heteroatoms. The predicted octanol–water partition coefficient (Wildman–Crippen LogP) is 4.24. The van der Waals surface area contributed by atoms with Gasteiger partial charge < -0.3 is 14.4 Å². The van der Waals surface area contributed by atoms with Crippen LogP contribution in [-0.4, -0.2) is 41.4 Å². The van der Waals surface area contributed by atoms with Crippen molar-refractivity contribution in [1.29, 1.82) is 0 Å². The van der Waals surface area contributed by atoms with E-state index in [1.54, 1.807) is 37.1 Å². The molecule has 0 N–H and O–H groups in total. The summed E-state index contributed by atoms with van der Waals surface area (Å²) in [4.78, 5) is 14.7. The Kier molecular flexibility index (Phi) is 5.99. The van der Waals surface area contributed by atoms with Crippen molar-refractivity contribution >= 4 is 12.0 Å². The van der Waals surface area contributed by atoms with Gasteiger partial charge >= 0.3 is 0 Å². The monoisotopic (exact) mass is 435 g/mol. The average Bonchev–Trinajstić information content (AvgIpc) is 3.09. The molecule has 166 valence electrons. The zero-order valence-electron chi connectivity index (χ0n) is 18.7. The van der Waals surface area contributed by atoms with E-state index in [2.05, 4.69) is 5.10 Å². The van der Waals surface area contributed by atoms with Gasteiger partial charge in [-0.25, -0.2) is 9.07 Å². The summed E-state index contributed by atoms with van der Waals surface area (Å²) in [5, 5.41) is 4.56. The topological polar surface area (TPSA) is 56.6 Å². The van der Waals surface area contributed by atoms with E-state index in [0.717, 1.165) is 34.6 Å². The van der Waals surface area contributed by atoms with E-state index in [-0.39, 0.29) is 11.7 Å². The first-order valence-corrected chi connectivity index (χ1v) is 10.4. The van der Waals surface area contributed by atoms with Crippen LogP contribution in [0.2, 0.25) is 0 Å². The lowest BCUT2D eigenvalue weighted by Crippen LogP contribution is -2.34. The quantitative estimate of drug-likeness (QED) is 0.563. The summed E-state index contributed by atoms with van der Waals surface area (Å²) in [6.07, 6.45) is 4.16. The van der Waals surface area contributed by atoms with E-state index in [4.69, 9.17) is 9.47 Å². The first kappa shape index (κ1) is 21.6. The third-order valence-corrected chi connectivity index (χ3v) is 5.84. The molecule has 1 aliphatic heterocycles. The number of fused-ring (bicyclic) bond motifs is 1. The molecule has 1 aliphatic rings. The van der Waals surface area contributed by atoms with Crippen molar-refractivity contribution in [3.8, 4) is 17.2 Å². The molecule has 0 aliphatic carbocycles. The maximum atomic E-state index is 13.3. The van der Waals surface area contributed by atoms with Crippen molar-refractivity contribution < 1.29 is 18.7 Å². The van der Waals surface area contributed by atoms with Crippen molar-refractivity contribution in [2.45, 2.75) is 26.8 Å². The van der Waals surface area contributed by atoms with Crippen LogP contribution in [0.25, 0.3) is 11.8 Å². The minimum Gasteiger partial charge on any atom is -0.493 e. The summed E-state index contributed by atoms with van der Waals surface area (Å²) in [6.45, 7) is 4.99. The van der Waals surface area contributed by atoms with Crippen molar-refractivity contribution in [3.63, 3.8) is 0 Å². The Balaban J connectivity index is 1.53. The number of hydrogen-bond acceptors (Lipinski definition) is 4. The molecule has 0 spiro atoms. The van der Waals surface area contributed by atoms with Gasteiger partial charge in [0.05, 0.1) is 25.6 Å². The third-order valence-electron chi connectivity index (χ3n) is 5.84. The Morgan fingerprint density at radius 1 is 1.06 bits per heavy atom. The molecule has 4 rings (SSSR count). The van der Waals surface area contributed by atoms with E-state index >= 15 is 0 Å². The summed E-state index contributed by atoms with van der Waals surface area (Å²) < 4.78 is 25.8. The van der Waals surface area contributed by atoms with Crippen LogP contribution in [-0.2, 0) is 17.8 Å². The second-order valence-electron chi connectivity index (χ2n) is 7.79. The van der Waals surface area contributed by atoms with Crippen LogP contribution in [0.15, 0.2) is 42.5 Å². The molecule has 0 saturated carbocycles. The van der Waals surface area contributed by atoms with E-state index in [0.29, 0.717) is 24.6 Å². The Bertz CT molecular complexity index is 1180. The van der Waals surface area contributed by atoms with Gasteiger partial charge in [0.15, 0.2) is 11.5 Å². The number of halogens is 1. The molecule has 32 heavy (non-hydrogen) atoms. The fraction of sp³-hybridized carbons (Fsp3) is 0.280. The van der Waals surface area contributed by atoms with Gasteiger partial charge in [0.25, 0.3) is 0 Å². The zero-order chi connectivity index (χ0) is 22.8. The number of benzene rings is 2. The molecule has 2 aromatic carbocycles. The number of nitrogens with zero attached hydrogens (tertiary/aromatic N) is 3. The van der Waals surface area contributed by atoms with Crippen molar-refractivity contribution in [1.82, 2.24) is 14.7 Å². The van der Waals surface area contributed by atoms with Gasteiger partial charge in [-0.05, 0) is 73.9 Å². The molecular formula is C25H26FN3O3. The standard InChI is InChI=1S/C25H26FN3O3/c1-16-22(17(2)29(27-16)21-7-5-20(26)6-8-21)9-10-25(30)28-12-11-18-13-23(31-3)24(32-4)14-19(18)15-28/h5-10,13-14H,11-12,15H2,1-4H3. The molecule has 3 aromatic rings. The lowest BCUT2D eigenvalue weighted by Gasteiger charge is -2.28. The molecule has 0 bridgehead atoms. The van der Waals surface area contributed by atoms with Gasteiger partial charge in [-0.3, -0.25) is 4.79 Å². The number of hydrogen-bond donors (Lipinski definition) is 0. The Morgan fingerprint density at radius 3 is 2.38 bits per heavy atom. The zero-order valence-corrected chi connectivity index (χ0v) is 18.7. The summed E-state index contributed by atoms with van der Waals surface area (Å²) in [5.74, 6) is 1.02. The molecule has 1 amide bonds. The number of methoxy groups -OCH3 is 2. The number of carbonyl (C=O) groups is 1. The summed E-state index contributed by atoms with van der Waals surface area (Å²) in [6, 6.07) is 10.1.